The van der Waals surface area contributed by atoms with E-state index in [1.807, 2.05) is 41.9 Å². The topological polar surface area (TPSA) is 64.9 Å². The van der Waals surface area contributed by atoms with Gasteiger partial charge >= 0.3 is 0 Å². The van der Waals surface area contributed by atoms with Gasteiger partial charge in [-0.05, 0) is 42.1 Å². The van der Waals surface area contributed by atoms with E-state index in [2.05, 4.69) is 10.1 Å². The second kappa shape index (κ2) is 4.27. The van der Waals surface area contributed by atoms with Crippen molar-refractivity contribution < 1.29 is 4.52 Å². The lowest BCUT2D eigenvalue weighted by molar-refractivity contribution is 0.432. The van der Waals surface area contributed by atoms with E-state index in [9.17, 15) is 0 Å². The molecular formula is C13H11N3OS. The largest absolute Gasteiger partial charge is 0.399 e. The molecule has 5 heteroatoms. The van der Waals surface area contributed by atoms with Crippen molar-refractivity contribution in [1.82, 2.24) is 10.1 Å². The highest BCUT2D eigenvalue weighted by molar-refractivity contribution is 7.08. The molecule has 2 N–H and O–H groups in total. The molecule has 0 fully saturated rings. The summed E-state index contributed by atoms with van der Waals surface area (Å²) >= 11 is 1.61. The van der Waals surface area contributed by atoms with E-state index >= 15 is 0 Å². The highest BCUT2D eigenvalue weighted by Gasteiger charge is 2.12. The molecule has 0 unspecified atom stereocenters. The van der Waals surface area contributed by atoms with E-state index in [0.29, 0.717) is 11.7 Å². The molecule has 0 aliphatic carbocycles. The number of nitrogen functional groups attached to an aromatic ring is 1. The van der Waals surface area contributed by atoms with E-state index in [1.54, 1.807) is 11.3 Å². The fourth-order valence-electron chi connectivity index (χ4n) is 1.77. The fraction of sp³-hybridized carbons (Fsp3) is 0.0769. The van der Waals surface area contributed by atoms with Gasteiger partial charge < -0.3 is 10.3 Å². The van der Waals surface area contributed by atoms with Crippen LogP contribution in [0, 0.1) is 6.92 Å². The summed E-state index contributed by atoms with van der Waals surface area (Å²) in [5, 5.41) is 7.96. The summed E-state index contributed by atoms with van der Waals surface area (Å²) in [4.78, 5) is 4.40. The molecule has 0 saturated heterocycles. The van der Waals surface area contributed by atoms with Crippen LogP contribution in [0.4, 0.5) is 5.69 Å². The van der Waals surface area contributed by atoms with Gasteiger partial charge in [0, 0.05) is 22.2 Å². The molecule has 0 bridgehead atoms. The number of rotatable bonds is 2. The Balaban J connectivity index is 2.03. The van der Waals surface area contributed by atoms with Crippen molar-refractivity contribution in [1.29, 1.82) is 0 Å². The summed E-state index contributed by atoms with van der Waals surface area (Å²) < 4.78 is 5.30. The second-order valence-electron chi connectivity index (χ2n) is 4.01. The monoisotopic (exact) mass is 257 g/mol. The highest BCUT2D eigenvalue weighted by Crippen LogP contribution is 2.26. The molecule has 0 radical (unpaired) electrons. The molecule has 1 aromatic carbocycles. The number of benzene rings is 1. The van der Waals surface area contributed by atoms with E-state index < -0.39 is 0 Å². The SMILES string of the molecule is Cc1cc(N)ccc1-c1nc(-c2ccsc2)no1. The van der Waals surface area contributed by atoms with Crippen LogP contribution >= 0.6 is 11.3 Å². The van der Waals surface area contributed by atoms with Gasteiger partial charge in [0.25, 0.3) is 5.89 Å². The van der Waals surface area contributed by atoms with Crippen LogP contribution in [0.2, 0.25) is 0 Å². The van der Waals surface area contributed by atoms with Crippen LogP contribution in [0.25, 0.3) is 22.8 Å². The Morgan fingerprint density at radius 3 is 2.89 bits per heavy atom. The Morgan fingerprint density at radius 2 is 2.17 bits per heavy atom. The first-order valence-electron chi connectivity index (χ1n) is 5.47. The lowest BCUT2D eigenvalue weighted by Gasteiger charge is -2.00. The number of hydrogen-bond acceptors (Lipinski definition) is 5. The van der Waals surface area contributed by atoms with E-state index in [1.165, 1.54) is 0 Å². The maximum Gasteiger partial charge on any atom is 0.258 e. The van der Waals surface area contributed by atoms with Crippen LogP contribution < -0.4 is 5.73 Å². The van der Waals surface area contributed by atoms with Gasteiger partial charge in [-0.2, -0.15) is 16.3 Å². The molecule has 0 saturated carbocycles. The summed E-state index contributed by atoms with van der Waals surface area (Å²) in [6.45, 7) is 1.97. The van der Waals surface area contributed by atoms with E-state index in [0.717, 1.165) is 22.4 Å². The predicted octanol–water partition coefficient (Wildman–Crippen LogP) is 3.36. The van der Waals surface area contributed by atoms with Gasteiger partial charge in [0.2, 0.25) is 5.82 Å². The van der Waals surface area contributed by atoms with Crippen molar-refractivity contribution in [3.63, 3.8) is 0 Å². The molecule has 3 rings (SSSR count). The third kappa shape index (κ3) is 1.89. The molecule has 0 aliphatic heterocycles. The summed E-state index contributed by atoms with van der Waals surface area (Å²) in [5.41, 5.74) is 9.37. The number of nitrogens with zero attached hydrogens (tertiary/aromatic N) is 2. The third-order valence-corrected chi connectivity index (χ3v) is 3.37. The molecule has 3 aromatic rings. The van der Waals surface area contributed by atoms with Crippen LogP contribution in [-0.2, 0) is 0 Å². The number of aryl methyl sites for hydroxylation is 1. The average molecular weight is 257 g/mol. The minimum Gasteiger partial charge on any atom is -0.399 e. The Morgan fingerprint density at radius 1 is 1.28 bits per heavy atom. The van der Waals surface area contributed by atoms with Crippen molar-refractivity contribution in [2.45, 2.75) is 6.92 Å². The zero-order valence-electron chi connectivity index (χ0n) is 9.75. The zero-order valence-corrected chi connectivity index (χ0v) is 10.6. The van der Waals surface area contributed by atoms with Gasteiger partial charge in [-0.25, -0.2) is 0 Å². The minimum atomic E-state index is 0.522. The Hall–Kier alpha value is -2.14. The molecule has 0 aliphatic rings. The van der Waals surface area contributed by atoms with Gasteiger partial charge in [0.1, 0.15) is 0 Å². The number of nitrogens with two attached hydrogens (primary N) is 1. The lowest BCUT2D eigenvalue weighted by Crippen LogP contribution is -1.88. The van der Waals surface area contributed by atoms with Gasteiger partial charge in [-0.15, -0.1) is 0 Å². The fourth-order valence-corrected chi connectivity index (χ4v) is 2.40. The first-order chi connectivity index (χ1) is 8.74. The quantitative estimate of drug-likeness (QED) is 0.715. The molecule has 0 atom stereocenters. The predicted molar refractivity (Wildman–Crippen MR) is 72.2 cm³/mol. The first kappa shape index (κ1) is 11.0. The number of aromatic nitrogens is 2. The van der Waals surface area contributed by atoms with Crippen LogP contribution in [0.1, 0.15) is 5.56 Å². The molecule has 18 heavy (non-hydrogen) atoms. The zero-order chi connectivity index (χ0) is 12.5. The third-order valence-electron chi connectivity index (χ3n) is 2.69. The molecular weight excluding hydrogens is 246 g/mol. The van der Waals surface area contributed by atoms with Crippen LogP contribution in [-0.4, -0.2) is 10.1 Å². The molecule has 2 aromatic heterocycles. The summed E-state index contributed by atoms with van der Waals surface area (Å²) in [6, 6.07) is 7.59. The van der Waals surface area contributed by atoms with Crippen molar-refractivity contribution in [3.05, 3.63) is 40.6 Å². The number of hydrogen-bond donors (Lipinski definition) is 1. The van der Waals surface area contributed by atoms with Gasteiger partial charge in [-0.1, -0.05) is 5.16 Å². The molecule has 0 spiro atoms. The van der Waals surface area contributed by atoms with Crippen molar-refractivity contribution in [2.24, 2.45) is 0 Å². The smallest absolute Gasteiger partial charge is 0.258 e. The standard InChI is InChI=1S/C13H11N3OS/c1-8-6-10(14)2-3-11(8)13-15-12(16-17-13)9-4-5-18-7-9/h2-7H,14H2,1H3. The average Bonchev–Trinajstić information content (AvgIpc) is 2.99. The number of anilines is 1. The molecule has 2 heterocycles. The minimum absolute atomic E-state index is 0.522. The van der Waals surface area contributed by atoms with Crippen LogP contribution in [0.3, 0.4) is 0 Å². The highest BCUT2D eigenvalue weighted by atomic mass is 32.1. The van der Waals surface area contributed by atoms with Gasteiger partial charge in [0.15, 0.2) is 0 Å². The first-order valence-corrected chi connectivity index (χ1v) is 6.41. The normalized spacial score (nSPS) is 10.7. The van der Waals surface area contributed by atoms with Gasteiger partial charge in [-0.3, -0.25) is 0 Å². The van der Waals surface area contributed by atoms with Crippen molar-refractivity contribution >= 4 is 17.0 Å². The Bertz CT molecular complexity index is 673. The molecule has 4 nitrogen and oxygen atoms in total. The van der Waals surface area contributed by atoms with Crippen molar-refractivity contribution in [2.75, 3.05) is 5.73 Å². The maximum atomic E-state index is 5.72. The van der Waals surface area contributed by atoms with Crippen molar-refractivity contribution in [3.8, 4) is 22.8 Å². The number of thiophene rings is 1. The van der Waals surface area contributed by atoms with E-state index in [-0.39, 0.29) is 0 Å². The van der Waals surface area contributed by atoms with Gasteiger partial charge in [0.05, 0.1) is 0 Å². The lowest BCUT2D eigenvalue weighted by atomic mass is 10.1. The molecule has 0 amide bonds. The van der Waals surface area contributed by atoms with Crippen LogP contribution in [0.5, 0.6) is 0 Å². The summed E-state index contributed by atoms with van der Waals surface area (Å²) in [7, 11) is 0. The summed E-state index contributed by atoms with van der Waals surface area (Å²) in [6.07, 6.45) is 0. The second-order valence-corrected chi connectivity index (χ2v) is 4.79. The Labute approximate surface area is 108 Å². The maximum absolute atomic E-state index is 5.72. The van der Waals surface area contributed by atoms with Crippen LogP contribution in [0.15, 0.2) is 39.5 Å². The van der Waals surface area contributed by atoms with E-state index in [4.69, 9.17) is 10.3 Å². The summed E-state index contributed by atoms with van der Waals surface area (Å²) in [5.74, 6) is 1.14. The Kier molecular flexibility index (Phi) is 2.60. The molecule has 90 valence electrons.